The largest absolute Gasteiger partial charge is 0.490 e. The number of nitrogens with two attached hydrogens (primary N) is 1. The molecule has 7 atom stereocenters. The summed E-state index contributed by atoms with van der Waals surface area (Å²) in [6, 6.07) is 18.0. The van der Waals surface area contributed by atoms with Gasteiger partial charge in [-0.1, -0.05) is 60.7 Å². The van der Waals surface area contributed by atoms with Gasteiger partial charge in [-0.3, -0.25) is 23.0 Å². The van der Waals surface area contributed by atoms with Crippen LogP contribution in [-0.2, 0) is 66.8 Å². The third-order valence-electron chi connectivity index (χ3n) is 15.6. The number of rotatable bonds is 26. The van der Waals surface area contributed by atoms with Gasteiger partial charge in [0, 0.05) is 78.6 Å². The Morgan fingerprint density at radius 2 is 1.62 bits per heavy atom. The molecule has 0 saturated carbocycles. The number of amides is 2. The Kier molecular flexibility index (Phi) is 20.9. The van der Waals surface area contributed by atoms with Gasteiger partial charge in [0.2, 0.25) is 11.6 Å². The van der Waals surface area contributed by atoms with Crippen LogP contribution in [-0.4, -0.2) is 155 Å². The Morgan fingerprint density at radius 1 is 0.892 bits per heavy atom. The van der Waals surface area contributed by atoms with Crippen LogP contribution in [0.5, 0.6) is 5.75 Å². The molecule has 0 aliphatic carbocycles. The van der Waals surface area contributed by atoms with Gasteiger partial charge in [-0.25, -0.2) is 33.4 Å². The van der Waals surface area contributed by atoms with Gasteiger partial charge in [0.05, 0.1) is 34.5 Å². The number of benzene rings is 3. The molecule has 31 nitrogen and oxygen atoms in total. The molecule has 2 amide bonds. The van der Waals surface area contributed by atoms with Crippen LogP contribution in [0.3, 0.4) is 0 Å². The maximum atomic E-state index is 13.5. The number of alkyl carbamates (subject to hydrolysis) is 1. The first-order valence-electron chi connectivity index (χ1n) is 28.7. The van der Waals surface area contributed by atoms with Gasteiger partial charge < -0.3 is 60.2 Å². The minimum Gasteiger partial charge on any atom is -0.456 e. The van der Waals surface area contributed by atoms with Crippen molar-refractivity contribution >= 4 is 107 Å². The lowest BCUT2D eigenvalue weighted by molar-refractivity contribution is -0.437. The lowest BCUT2D eigenvalue weighted by Crippen LogP contribution is -2.44. The van der Waals surface area contributed by atoms with Gasteiger partial charge in [0.25, 0.3) is 20.2 Å². The van der Waals surface area contributed by atoms with E-state index in [0.29, 0.717) is 28.5 Å². The Bertz CT molecular complexity index is 4330. The Balaban J connectivity index is 0.898. The highest BCUT2D eigenvalue weighted by Gasteiger charge is 2.51. The second-order valence-electron chi connectivity index (χ2n) is 22.6. The number of hydrogen-bond acceptors (Lipinski definition) is 21. The second kappa shape index (κ2) is 27.7. The normalized spacial score (nSPS) is 22.2. The lowest BCUT2D eigenvalue weighted by atomic mass is 9.75. The molecule has 1 saturated heterocycles. The first-order valence-corrected chi connectivity index (χ1v) is 36.3. The Morgan fingerprint density at radius 3 is 2.32 bits per heavy atom. The average Bonchev–Trinajstić information content (AvgIpc) is 1.74. The highest BCUT2D eigenvalue weighted by molar-refractivity contribution is 7.86. The highest BCUT2D eigenvalue weighted by atomic mass is 32.2. The number of imidazole rings is 1. The summed E-state index contributed by atoms with van der Waals surface area (Å²) in [4.78, 5) is 78.2. The quantitative estimate of drug-likeness (QED) is 0.00913. The number of aliphatic hydroxyl groups excluding tert-OH is 1. The maximum Gasteiger partial charge on any atom is 0.490 e. The summed E-state index contributed by atoms with van der Waals surface area (Å²) in [6.45, 7) is 9.60. The first-order chi connectivity index (χ1) is 43.6. The summed E-state index contributed by atoms with van der Waals surface area (Å²) >= 11 is 0. The molecule has 36 heteroatoms. The van der Waals surface area contributed by atoms with E-state index in [0.717, 1.165) is 52.7 Å². The fraction of sp³-hybridized carbons (Fsp3) is 0.368. The fourth-order valence-electron chi connectivity index (χ4n) is 11.7. The molecule has 2 aromatic heterocycles. The third-order valence-corrected chi connectivity index (χ3v) is 21.1. The van der Waals surface area contributed by atoms with E-state index < -0.39 is 103 Å². The van der Waals surface area contributed by atoms with E-state index >= 15 is 0 Å². The zero-order valence-corrected chi connectivity index (χ0v) is 54.8. The summed E-state index contributed by atoms with van der Waals surface area (Å²) < 4.78 is 138. The number of aliphatic hydroxyl groups is 1. The number of nitrogens with zero attached hydrogens (tertiary/aromatic N) is 6. The Hall–Kier alpha value is -7.13. The van der Waals surface area contributed by atoms with E-state index in [1.54, 1.807) is 22.8 Å². The van der Waals surface area contributed by atoms with Crippen LogP contribution >= 0.6 is 23.5 Å². The Labute approximate surface area is 533 Å². The van der Waals surface area contributed by atoms with Gasteiger partial charge >= 0.3 is 29.6 Å². The third kappa shape index (κ3) is 16.7. The molecule has 0 bridgehead atoms. The molecule has 93 heavy (non-hydrogen) atoms. The topological polar surface area (TPSA) is 451 Å². The zero-order valence-electron chi connectivity index (χ0n) is 50.5. The second-order valence-corrected chi connectivity index (χ2v) is 30.0. The van der Waals surface area contributed by atoms with Crippen LogP contribution < -0.4 is 26.0 Å². The molecule has 4 aliphatic heterocycles. The fourth-order valence-corrected chi connectivity index (χ4v) is 15.7. The van der Waals surface area contributed by atoms with Crippen LogP contribution in [0.1, 0.15) is 88.8 Å². The molecule has 3 aromatic carbocycles. The number of phosphoric ester groups is 1. The lowest BCUT2D eigenvalue weighted by Gasteiger charge is -2.43. The summed E-state index contributed by atoms with van der Waals surface area (Å²) in [5.74, 6) is 0.170. The van der Waals surface area contributed by atoms with Crippen molar-refractivity contribution in [2.75, 3.05) is 49.2 Å². The van der Waals surface area contributed by atoms with Crippen molar-refractivity contribution in [1.29, 1.82) is 0 Å². The van der Waals surface area contributed by atoms with Crippen molar-refractivity contribution in [3.63, 3.8) is 0 Å². The number of nitrogen functional groups attached to an aromatic ring is 1. The van der Waals surface area contributed by atoms with E-state index in [9.17, 15) is 64.1 Å². The van der Waals surface area contributed by atoms with E-state index in [-0.39, 0.29) is 67.8 Å². The summed E-state index contributed by atoms with van der Waals surface area (Å²) in [6.07, 6.45) is 7.71. The number of allylic oxidation sites excluding steroid dienone is 8. The molecule has 4 aliphatic rings. The van der Waals surface area contributed by atoms with E-state index in [1.807, 2.05) is 55.5 Å². The molecule has 3 unspecified atom stereocenters. The number of hydrogen-bond donors (Lipinski definition) is 10. The molecule has 0 spiro atoms. The molecule has 0 radical (unpaired) electrons. The molecule has 9 rings (SSSR count). The van der Waals surface area contributed by atoms with E-state index in [4.69, 9.17) is 29.7 Å². The number of carbonyl (C=O) groups is 2. The van der Waals surface area contributed by atoms with Crippen molar-refractivity contribution in [2.24, 2.45) is 0 Å². The molecule has 5 aromatic rings. The number of fused-ring (bicyclic) bond motifs is 4. The van der Waals surface area contributed by atoms with Gasteiger partial charge in [0.15, 0.2) is 29.5 Å². The van der Waals surface area contributed by atoms with Crippen molar-refractivity contribution < 1.29 is 106 Å². The van der Waals surface area contributed by atoms with Crippen molar-refractivity contribution in [3.8, 4) is 5.75 Å². The number of phosphoric acid groups is 3. The number of nitrogens with one attached hydrogen (secondary N) is 2. The maximum absolute atomic E-state index is 13.5. The van der Waals surface area contributed by atoms with Gasteiger partial charge in [-0.15, -0.1) is 0 Å². The summed E-state index contributed by atoms with van der Waals surface area (Å²) in [5, 5.41) is 16.4. The van der Waals surface area contributed by atoms with E-state index in [1.165, 1.54) is 22.8 Å². The molecule has 11 N–H and O–H groups in total. The molecular weight excluding hydrogens is 1320 g/mol. The molecule has 6 heterocycles. The number of likely N-dealkylation sites (N-methyl/N-ethyl adjacent to an activating group) is 1. The zero-order chi connectivity index (χ0) is 67.6. The van der Waals surface area contributed by atoms with Crippen LogP contribution in [0.4, 0.5) is 22.0 Å². The first kappa shape index (κ1) is 70.2. The van der Waals surface area contributed by atoms with Gasteiger partial charge in [-0.2, -0.15) is 30.0 Å². The smallest absolute Gasteiger partial charge is 0.456 e. The summed E-state index contributed by atoms with van der Waals surface area (Å²) in [7, 11) is -26.5. The number of anilines is 2. The number of aromatic nitrogens is 4. The summed E-state index contributed by atoms with van der Waals surface area (Å²) in [5.41, 5.74) is 12.0. The van der Waals surface area contributed by atoms with Crippen molar-refractivity contribution in [3.05, 3.63) is 138 Å². The highest BCUT2D eigenvalue weighted by Crippen LogP contribution is 2.66. The van der Waals surface area contributed by atoms with Crippen LogP contribution in [0.2, 0.25) is 0 Å². The number of ether oxygens (including phenoxy) is 3. The standard InChI is InChI=1S/C57H68N9O22P3S2/c1-6-66-43-30-45-40(29-39(43)35(2)31-56(66,3)4)37(27-44(84-45)36-15-9-7-10-16-36)17-11-8-12-18-47-57(5,41-28-38(93(80,81)82)20-21-42(41)64(47)25-14-26-92(77,78)79)22-13-19-48(67)59-23-24-60-55(69)86-51-50(68)46(32-83-90(73,74)88-91(75,76)87-89(70,71)72)85-54(51)65-34-63-49-52(58)61-33-62-53(49)65/h7-12,15-18,20-21,27-31,33-34,46,50-51,54,68H,6,13-14,19,22-26,32H2,1-5H3,(H9-,58,59,60,61,62,67,69,70,71,72,73,74,75,76,77,78,79,80,81,82)/p+1/t46-,50-,51-,54-,57?/m1/s1. The molecule has 500 valence electrons. The predicted molar refractivity (Wildman–Crippen MR) is 338 cm³/mol. The minimum absolute atomic E-state index is 0.00616. The minimum atomic E-state index is -5.92. The van der Waals surface area contributed by atoms with Crippen LogP contribution in [0, 0.1) is 0 Å². The average molecular weight is 1390 g/mol. The number of carbonyl (C=O) groups excluding carboxylic acids is 2. The molecule has 1 fully saturated rings. The van der Waals surface area contributed by atoms with Crippen molar-refractivity contribution in [2.45, 2.75) is 101 Å². The van der Waals surface area contributed by atoms with Crippen molar-refractivity contribution in [1.82, 2.24) is 30.2 Å². The van der Waals surface area contributed by atoms with Gasteiger partial charge in [-0.05, 0) is 82.9 Å². The SMILES string of the molecule is CCN1c2cc3c(cc2C(C)=CC1(C)C)C(=CC=CC=CC1=[N+](CCCS(=O)(=O)O)c2ccc(S(=O)(=O)O)cc2C1(C)CCCC(=O)NCCNC(=O)O[C@@H]1[C@H](O)[C@@H](COP(=O)(O)OP(=O)(O)OP(=O)(O)O)O[C@H]1n1cnc2c(N)ncnc21)C=C(c1ccccc1)O3. The predicted octanol–water partition coefficient (Wildman–Crippen LogP) is 6.62. The van der Waals surface area contributed by atoms with Crippen LogP contribution in [0.15, 0.2) is 121 Å². The monoisotopic (exact) mass is 1390 g/mol. The van der Waals surface area contributed by atoms with Crippen LogP contribution in [0.25, 0.3) is 28.1 Å². The van der Waals surface area contributed by atoms with Gasteiger partial charge in [0.1, 0.15) is 42.1 Å². The molecular formula is C57H69N9O22P3S2+. The van der Waals surface area contributed by atoms with E-state index in [2.05, 4.69) is 89.5 Å².